The molecular formula is C14H18N2OS. The Hall–Kier alpha value is -1.68. The molecule has 1 aromatic heterocycles. The first-order valence-corrected chi connectivity index (χ1v) is 6.71. The van der Waals surface area contributed by atoms with Crippen LogP contribution < -0.4 is 15.8 Å². The molecule has 0 spiro atoms. The summed E-state index contributed by atoms with van der Waals surface area (Å²) in [5, 5.41) is 5.42. The van der Waals surface area contributed by atoms with Crippen LogP contribution in [0.5, 0.6) is 5.75 Å². The molecule has 2 aromatic rings. The summed E-state index contributed by atoms with van der Waals surface area (Å²) in [4.78, 5) is 1.16. The Labute approximate surface area is 112 Å². The Bertz CT molecular complexity index is 549. The van der Waals surface area contributed by atoms with Crippen LogP contribution in [0.3, 0.4) is 0 Å². The molecule has 1 heterocycles. The second-order valence-corrected chi connectivity index (χ2v) is 5.24. The quantitative estimate of drug-likeness (QED) is 0.885. The zero-order chi connectivity index (χ0) is 13.1. The van der Waals surface area contributed by atoms with Gasteiger partial charge in [0.15, 0.2) is 0 Å². The third-order valence-electron chi connectivity index (χ3n) is 3.03. The molecule has 3 nitrogen and oxygen atoms in total. The fraction of sp³-hybridized carbons (Fsp3) is 0.286. The van der Waals surface area contributed by atoms with E-state index in [1.54, 1.807) is 18.4 Å². The molecule has 0 saturated heterocycles. The predicted molar refractivity (Wildman–Crippen MR) is 78.5 cm³/mol. The Morgan fingerprint density at radius 2 is 2.06 bits per heavy atom. The molecule has 0 aliphatic rings. The molecular weight excluding hydrogens is 244 g/mol. The third-order valence-corrected chi connectivity index (χ3v) is 3.96. The number of nitrogens with one attached hydrogen (secondary N) is 1. The molecule has 18 heavy (non-hydrogen) atoms. The first-order valence-electron chi connectivity index (χ1n) is 5.83. The summed E-state index contributed by atoms with van der Waals surface area (Å²) in [6, 6.07) is 6.08. The lowest BCUT2D eigenvalue weighted by atomic mass is 10.1. The van der Waals surface area contributed by atoms with Crippen LogP contribution in [-0.2, 0) is 6.54 Å². The highest BCUT2D eigenvalue weighted by molar-refractivity contribution is 7.10. The van der Waals surface area contributed by atoms with Gasteiger partial charge < -0.3 is 15.8 Å². The van der Waals surface area contributed by atoms with E-state index in [-0.39, 0.29) is 0 Å². The van der Waals surface area contributed by atoms with Gasteiger partial charge in [-0.2, -0.15) is 0 Å². The van der Waals surface area contributed by atoms with Crippen molar-refractivity contribution in [3.05, 3.63) is 39.6 Å². The molecule has 4 heteroatoms. The Kier molecular flexibility index (Phi) is 3.77. The fourth-order valence-electron chi connectivity index (χ4n) is 2.00. The summed E-state index contributed by atoms with van der Waals surface area (Å²) < 4.78 is 5.42. The molecule has 0 radical (unpaired) electrons. The minimum absolute atomic E-state index is 0.747. The Morgan fingerprint density at radius 3 is 2.67 bits per heavy atom. The average Bonchev–Trinajstić information content (AvgIpc) is 2.75. The number of anilines is 2. The number of methoxy groups -OCH3 is 1. The summed E-state index contributed by atoms with van der Waals surface area (Å²) in [5.74, 6) is 0.944. The van der Waals surface area contributed by atoms with E-state index in [1.807, 2.05) is 18.4 Å². The average molecular weight is 262 g/mol. The van der Waals surface area contributed by atoms with Crippen molar-refractivity contribution in [2.75, 3.05) is 18.2 Å². The fourth-order valence-corrected chi connectivity index (χ4v) is 2.74. The second-order valence-electron chi connectivity index (χ2n) is 4.24. The summed E-state index contributed by atoms with van der Waals surface area (Å²) in [7, 11) is 1.70. The molecule has 0 aliphatic carbocycles. The van der Waals surface area contributed by atoms with Crippen molar-refractivity contribution in [1.82, 2.24) is 0 Å². The molecule has 0 unspecified atom stereocenters. The number of nitrogen functional groups attached to an aromatic ring is 1. The van der Waals surface area contributed by atoms with Gasteiger partial charge >= 0.3 is 0 Å². The zero-order valence-electron chi connectivity index (χ0n) is 10.9. The highest BCUT2D eigenvalue weighted by atomic mass is 32.1. The molecule has 0 amide bonds. The predicted octanol–water partition coefficient (Wildman–Crippen LogP) is 3.57. The van der Waals surface area contributed by atoms with Gasteiger partial charge in [-0.25, -0.2) is 0 Å². The van der Waals surface area contributed by atoms with Gasteiger partial charge in [0.1, 0.15) is 5.75 Å². The lowest BCUT2D eigenvalue weighted by Gasteiger charge is -2.14. The number of benzene rings is 1. The van der Waals surface area contributed by atoms with Crippen LogP contribution in [0.4, 0.5) is 11.4 Å². The lowest BCUT2D eigenvalue weighted by Crippen LogP contribution is -2.03. The van der Waals surface area contributed by atoms with E-state index < -0.39 is 0 Å². The molecule has 1 aromatic carbocycles. The summed E-state index contributed by atoms with van der Waals surface area (Å²) in [6.07, 6.45) is 0. The van der Waals surface area contributed by atoms with Crippen molar-refractivity contribution in [2.45, 2.75) is 20.4 Å². The SMILES string of the molecule is COc1c(C)ccc(NCc2sccc2N)c1C. The monoisotopic (exact) mass is 262 g/mol. The van der Waals surface area contributed by atoms with Crippen LogP contribution in [0.1, 0.15) is 16.0 Å². The number of aryl methyl sites for hydroxylation is 1. The number of nitrogens with two attached hydrogens (primary N) is 1. The number of hydrogen-bond acceptors (Lipinski definition) is 4. The molecule has 3 N–H and O–H groups in total. The van der Waals surface area contributed by atoms with Gasteiger partial charge in [-0.3, -0.25) is 0 Å². The van der Waals surface area contributed by atoms with Crippen molar-refractivity contribution in [3.63, 3.8) is 0 Å². The van der Waals surface area contributed by atoms with Crippen LogP contribution in [0.15, 0.2) is 23.6 Å². The van der Waals surface area contributed by atoms with Crippen molar-refractivity contribution in [3.8, 4) is 5.75 Å². The van der Waals surface area contributed by atoms with Gasteiger partial charge in [0.05, 0.1) is 13.7 Å². The van der Waals surface area contributed by atoms with Gasteiger partial charge in [0.2, 0.25) is 0 Å². The third kappa shape index (κ3) is 2.43. The van der Waals surface area contributed by atoms with E-state index in [0.717, 1.165) is 39.7 Å². The van der Waals surface area contributed by atoms with Crippen LogP contribution >= 0.6 is 11.3 Å². The van der Waals surface area contributed by atoms with Crippen molar-refractivity contribution < 1.29 is 4.74 Å². The Balaban J connectivity index is 2.18. The molecule has 0 atom stereocenters. The van der Waals surface area contributed by atoms with Gasteiger partial charge in [-0.1, -0.05) is 6.07 Å². The van der Waals surface area contributed by atoms with Gasteiger partial charge in [0.25, 0.3) is 0 Å². The van der Waals surface area contributed by atoms with Crippen molar-refractivity contribution in [1.29, 1.82) is 0 Å². The number of hydrogen-bond donors (Lipinski definition) is 2. The molecule has 0 fully saturated rings. The highest BCUT2D eigenvalue weighted by Crippen LogP contribution is 2.30. The van der Waals surface area contributed by atoms with Crippen molar-refractivity contribution >= 4 is 22.7 Å². The van der Waals surface area contributed by atoms with E-state index in [9.17, 15) is 0 Å². The first kappa shape index (κ1) is 12.8. The maximum absolute atomic E-state index is 5.87. The largest absolute Gasteiger partial charge is 0.496 e. The topological polar surface area (TPSA) is 47.3 Å². The molecule has 0 saturated carbocycles. The van der Waals surface area contributed by atoms with Gasteiger partial charge in [-0.15, -0.1) is 11.3 Å². The maximum Gasteiger partial charge on any atom is 0.126 e. The van der Waals surface area contributed by atoms with E-state index in [4.69, 9.17) is 10.5 Å². The second kappa shape index (κ2) is 5.31. The van der Waals surface area contributed by atoms with Gasteiger partial charge in [0, 0.05) is 21.8 Å². The zero-order valence-corrected chi connectivity index (χ0v) is 11.7. The first-order chi connectivity index (χ1) is 8.63. The summed E-state index contributed by atoms with van der Waals surface area (Å²) in [6.45, 7) is 4.86. The van der Waals surface area contributed by atoms with Crippen LogP contribution in [0, 0.1) is 13.8 Å². The van der Waals surface area contributed by atoms with E-state index >= 15 is 0 Å². The van der Waals surface area contributed by atoms with E-state index in [0.29, 0.717) is 0 Å². The lowest BCUT2D eigenvalue weighted by molar-refractivity contribution is 0.409. The summed E-state index contributed by atoms with van der Waals surface area (Å²) >= 11 is 1.67. The van der Waals surface area contributed by atoms with Crippen LogP contribution in [0.2, 0.25) is 0 Å². The van der Waals surface area contributed by atoms with Crippen LogP contribution in [-0.4, -0.2) is 7.11 Å². The van der Waals surface area contributed by atoms with E-state index in [1.165, 1.54) is 0 Å². The highest BCUT2D eigenvalue weighted by Gasteiger charge is 2.08. The molecule has 0 bridgehead atoms. The smallest absolute Gasteiger partial charge is 0.126 e. The normalized spacial score (nSPS) is 10.4. The summed E-state index contributed by atoms with van der Waals surface area (Å²) in [5.41, 5.74) is 10.1. The standard InChI is InChI=1S/C14H18N2OS/c1-9-4-5-12(10(2)14(9)17-3)16-8-13-11(15)6-7-18-13/h4-7,16H,8,15H2,1-3H3. The van der Waals surface area contributed by atoms with Crippen molar-refractivity contribution in [2.24, 2.45) is 0 Å². The molecule has 2 rings (SSSR count). The minimum Gasteiger partial charge on any atom is -0.496 e. The molecule has 96 valence electrons. The maximum atomic E-state index is 5.87. The molecule has 0 aliphatic heterocycles. The van der Waals surface area contributed by atoms with Gasteiger partial charge in [-0.05, 0) is 36.9 Å². The van der Waals surface area contributed by atoms with E-state index in [2.05, 4.69) is 24.4 Å². The van der Waals surface area contributed by atoms with Crippen LogP contribution in [0.25, 0.3) is 0 Å². The number of rotatable bonds is 4. The number of thiophene rings is 1. The minimum atomic E-state index is 0.747. The number of ether oxygens (including phenoxy) is 1. The Morgan fingerprint density at radius 1 is 1.28 bits per heavy atom.